The largest absolute Gasteiger partial charge is 0.370 e. The molecular weight excluding hydrogens is 431 g/mol. The maximum Gasteiger partial charge on any atom is 0.243 e. The first-order valence-electron chi connectivity index (χ1n) is 10.3. The summed E-state index contributed by atoms with van der Waals surface area (Å²) in [5, 5.41) is 6.07. The van der Waals surface area contributed by atoms with Crippen LogP contribution in [0.15, 0.2) is 4.99 Å². The number of carbonyl (C=O) groups is 3. The fourth-order valence-corrected chi connectivity index (χ4v) is 3.95. The molecule has 174 valence electrons. The average molecular weight is 467 g/mol. The smallest absolute Gasteiger partial charge is 0.243 e. The molecule has 6 N–H and O–H groups in total. The van der Waals surface area contributed by atoms with Gasteiger partial charge >= 0.3 is 0 Å². The number of nitrogens with one attached hydrogen (secondary N) is 2. The van der Waals surface area contributed by atoms with Gasteiger partial charge in [0.05, 0.1) is 12.1 Å². The second-order valence-electron chi connectivity index (χ2n) is 7.72. The molecule has 0 spiro atoms. The summed E-state index contributed by atoms with van der Waals surface area (Å²) in [4.78, 5) is 42.8. The fourth-order valence-electron chi connectivity index (χ4n) is 3.95. The third-order valence-electron chi connectivity index (χ3n) is 5.62. The molecular formula is C19H36Cl2N6O3. The Morgan fingerprint density at radius 1 is 1.30 bits per heavy atom. The van der Waals surface area contributed by atoms with E-state index < -0.39 is 12.1 Å². The van der Waals surface area contributed by atoms with Crippen LogP contribution in [-0.4, -0.2) is 66.7 Å². The first kappa shape index (κ1) is 28.4. The van der Waals surface area contributed by atoms with E-state index in [2.05, 4.69) is 22.5 Å². The highest BCUT2D eigenvalue weighted by atomic mass is 35.5. The summed E-state index contributed by atoms with van der Waals surface area (Å²) < 4.78 is 0. The Kier molecular flexibility index (Phi) is 13.7. The van der Waals surface area contributed by atoms with Crippen LogP contribution in [0.2, 0.25) is 0 Å². The van der Waals surface area contributed by atoms with E-state index in [-0.39, 0.29) is 48.6 Å². The highest BCUT2D eigenvalue weighted by Gasteiger charge is 2.41. The molecule has 0 saturated carbocycles. The summed E-state index contributed by atoms with van der Waals surface area (Å²) in [6.45, 7) is 3.91. The van der Waals surface area contributed by atoms with Crippen molar-refractivity contribution in [3.05, 3.63) is 0 Å². The highest BCUT2D eigenvalue weighted by Crippen LogP contribution is 2.27. The molecule has 2 fully saturated rings. The molecule has 30 heavy (non-hydrogen) atoms. The molecule has 4 atom stereocenters. The van der Waals surface area contributed by atoms with Crippen molar-refractivity contribution in [3.63, 3.8) is 0 Å². The van der Waals surface area contributed by atoms with E-state index in [0.29, 0.717) is 38.3 Å². The van der Waals surface area contributed by atoms with Crippen molar-refractivity contribution >= 4 is 48.9 Å². The number of aliphatic imine (C=N–C) groups is 1. The van der Waals surface area contributed by atoms with Gasteiger partial charge < -0.3 is 31.8 Å². The van der Waals surface area contributed by atoms with Crippen molar-refractivity contribution in [1.29, 1.82) is 0 Å². The minimum Gasteiger partial charge on any atom is -0.370 e. The predicted octanol–water partition coefficient (Wildman–Crippen LogP) is 0.337. The lowest BCUT2D eigenvalue weighted by Gasteiger charge is -2.31. The van der Waals surface area contributed by atoms with E-state index in [9.17, 15) is 14.4 Å². The van der Waals surface area contributed by atoms with Gasteiger partial charge in [0.1, 0.15) is 12.3 Å². The molecule has 2 rings (SSSR count). The standard InChI is InChI=1S/C19H34N6O3.2ClH/c1-2-13-10-16(25(11-13)18(28)15-7-3-4-8-22-15)17(27)24-14(12-26)6-5-9-23-19(20)21;;/h12-16,22H,2-11H2,1H3,(H,24,27)(H4,20,21,23);2*1H/t13-,14-,15+,16-;;/m0../s1. The molecule has 0 aromatic carbocycles. The molecule has 0 bridgehead atoms. The lowest BCUT2D eigenvalue weighted by atomic mass is 10.0. The van der Waals surface area contributed by atoms with Crippen LogP contribution >= 0.6 is 24.8 Å². The SMILES string of the molecule is CC[C@H]1C[C@@H](C(=O)N[C@H](C=O)CCCN=C(N)N)N(C(=O)[C@H]2CCCCN2)C1.Cl.Cl. The van der Waals surface area contributed by atoms with E-state index in [0.717, 1.165) is 38.5 Å². The number of hydrogen-bond donors (Lipinski definition) is 4. The number of hydrogen-bond acceptors (Lipinski definition) is 5. The van der Waals surface area contributed by atoms with Crippen LogP contribution in [0, 0.1) is 5.92 Å². The molecule has 0 unspecified atom stereocenters. The Hall–Kier alpha value is -1.58. The fraction of sp³-hybridized carbons (Fsp3) is 0.789. The van der Waals surface area contributed by atoms with Crippen molar-refractivity contribution in [2.75, 3.05) is 19.6 Å². The van der Waals surface area contributed by atoms with Gasteiger partial charge in [0, 0.05) is 13.1 Å². The molecule has 2 aliphatic heterocycles. The summed E-state index contributed by atoms with van der Waals surface area (Å²) >= 11 is 0. The monoisotopic (exact) mass is 466 g/mol. The predicted molar refractivity (Wildman–Crippen MR) is 122 cm³/mol. The van der Waals surface area contributed by atoms with E-state index >= 15 is 0 Å². The second-order valence-corrected chi connectivity index (χ2v) is 7.72. The molecule has 11 heteroatoms. The molecule has 2 aliphatic rings. The lowest BCUT2D eigenvalue weighted by Crippen LogP contribution is -2.54. The van der Waals surface area contributed by atoms with Crippen LogP contribution in [0.25, 0.3) is 0 Å². The van der Waals surface area contributed by atoms with E-state index in [1.807, 2.05) is 0 Å². The summed E-state index contributed by atoms with van der Waals surface area (Å²) in [6.07, 6.45) is 6.23. The zero-order valence-electron chi connectivity index (χ0n) is 17.5. The van der Waals surface area contributed by atoms with E-state index in [1.165, 1.54) is 0 Å². The Morgan fingerprint density at radius 3 is 2.60 bits per heavy atom. The molecule has 0 aliphatic carbocycles. The third kappa shape index (κ3) is 8.28. The molecule has 0 aromatic heterocycles. The summed E-state index contributed by atoms with van der Waals surface area (Å²) in [5.41, 5.74) is 10.6. The van der Waals surface area contributed by atoms with E-state index in [4.69, 9.17) is 11.5 Å². The van der Waals surface area contributed by atoms with Gasteiger partial charge in [0.15, 0.2) is 5.96 Å². The summed E-state index contributed by atoms with van der Waals surface area (Å²) in [7, 11) is 0. The highest BCUT2D eigenvalue weighted by molar-refractivity contribution is 5.91. The zero-order chi connectivity index (χ0) is 20.5. The van der Waals surface area contributed by atoms with Crippen molar-refractivity contribution < 1.29 is 14.4 Å². The van der Waals surface area contributed by atoms with Crippen LogP contribution in [0.5, 0.6) is 0 Å². The van der Waals surface area contributed by atoms with E-state index in [1.54, 1.807) is 4.90 Å². The Labute approximate surface area is 191 Å². The number of nitrogens with two attached hydrogens (primary N) is 2. The van der Waals surface area contributed by atoms with Crippen LogP contribution in [-0.2, 0) is 14.4 Å². The lowest BCUT2D eigenvalue weighted by molar-refractivity contribution is -0.140. The molecule has 0 aromatic rings. The van der Waals surface area contributed by atoms with Gasteiger partial charge in [-0.2, -0.15) is 0 Å². The average Bonchev–Trinajstić information content (AvgIpc) is 3.14. The zero-order valence-corrected chi connectivity index (χ0v) is 19.2. The number of halogens is 2. The molecule has 9 nitrogen and oxygen atoms in total. The van der Waals surface area contributed by atoms with Crippen molar-refractivity contribution in [1.82, 2.24) is 15.5 Å². The molecule has 2 amide bonds. The number of piperidine rings is 1. The number of rotatable bonds is 9. The number of nitrogens with zero attached hydrogens (tertiary/aromatic N) is 2. The Morgan fingerprint density at radius 2 is 2.03 bits per heavy atom. The van der Waals surface area contributed by atoms with Crippen LogP contribution in [0.3, 0.4) is 0 Å². The second kappa shape index (κ2) is 14.4. The van der Waals surface area contributed by atoms with Gasteiger partial charge in [-0.1, -0.05) is 19.8 Å². The minimum absolute atomic E-state index is 0. The van der Waals surface area contributed by atoms with Crippen LogP contribution < -0.4 is 22.1 Å². The normalized spacial score (nSPS) is 24.0. The van der Waals surface area contributed by atoms with Crippen molar-refractivity contribution in [3.8, 4) is 0 Å². The van der Waals surface area contributed by atoms with Crippen molar-refractivity contribution in [2.24, 2.45) is 22.4 Å². The Balaban J connectivity index is 0.00000420. The Bertz CT molecular complexity index is 583. The van der Waals surface area contributed by atoms with Crippen LogP contribution in [0.1, 0.15) is 51.9 Å². The minimum atomic E-state index is -0.605. The number of aldehydes is 1. The quantitative estimate of drug-likeness (QED) is 0.167. The van der Waals surface area contributed by atoms with Gasteiger partial charge in [-0.15, -0.1) is 24.8 Å². The number of likely N-dealkylation sites (tertiary alicyclic amines) is 1. The van der Waals surface area contributed by atoms with Gasteiger partial charge in [0.2, 0.25) is 11.8 Å². The maximum absolute atomic E-state index is 13.0. The van der Waals surface area contributed by atoms with Crippen LogP contribution in [0.4, 0.5) is 0 Å². The van der Waals surface area contributed by atoms with Gasteiger partial charge in [-0.05, 0) is 44.6 Å². The molecule has 0 radical (unpaired) electrons. The number of carbonyl (C=O) groups excluding carboxylic acids is 3. The molecule has 2 heterocycles. The van der Waals surface area contributed by atoms with Gasteiger partial charge in [-0.3, -0.25) is 14.6 Å². The summed E-state index contributed by atoms with van der Waals surface area (Å²) in [6, 6.07) is -1.32. The number of amides is 2. The molecule has 2 saturated heterocycles. The number of guanidine groups is 1. The summed E-state index contributed by atoms with van der Waals surface area (Å²) in [5.74, 6) is 0.0684. The van der Waals surface area contributed by atoms with Gasteiger partial charge in [-0.25, -0.2) is 0 Å². The van der Waals surface area contributed by atoms with Gasteiger partial charge in [0.25, 0.3) is 0 Å². The first-order valence-corrected chi connectivity index (χ1v) is 10.3. The topological polar surface area (TPSA) is 143 Å². The first-order chi connectivity index (χ1) is 13.5. The third-order valence-corrected chi connectivity index (χ3v) is 5.62. The maximum atomic E-state index is 13.0. The van der Waals surface area contributed by atoms with Crippen molar-refractivity contribution in [2.45, 2.75) is 70.0 Å².